The number of hydrogen-bond donors (Lipinski definition) is 1. The lowest BCUT2D eigenvalue weighted by Crippen LogP contribution is -2.36. The minimum Gasteiger partial charge on any atom is -0.313 e. The Balaban J connectivity index is 1.98. The lowest BCUT2D eigenvalue weighted by molar-refractivity contribution is 0.227. The zero-order valence-corrected chi connectivity index (χ0v) is 13.8. The summed E-state index contributed by atoms with van der Waals surface area (Å²) < 4.78 is 23.3. The minimum atomic E-state index is -2.82. The van der Waals surface area contributed by atoms with E-state index in [1.807, 2.05) is 13.1 Å². The van der Waals surface area contributed by atoms with Gasteiger partial charge in [0, 0.05) is 19.1 Å². The molecule has 0 radical (unpaired) electrons. The molecule has 1 saturated heterocycles. The van der Waals surface area contributed by atoms with Gasteiger partial charge in [0.25, 0.3) is 0 Å². The van der Waals surface area contributed by atoms with E-state index in [0.717, 1.165) is 19.5 Å². The van der Waals surface area contributed by atoms with Crippen molar-refractivity contribution in [3.63, 3.8) is 0 Å². The Labute approximate surface area is 128 Å². The number of nitrogens with one attached hydrogen (secondary N) is 1. The first-order valence-corrected chi connectivity index (χ1v) is 9.49. The van der Waals surface area contributed by atoms with Crippen molar-refractivity contribution in [2.24, 2.45) is 5.92 Å². The predicted molar refractivity (Wildman–Crippen MR) is 87.1 cm³/mol. The van der Waals surface area contributed by atoms with Crippen molar-refractivity contribution in [1.82, 2.24) is 10.2 Å². The summed E-state index contributed by atoms with van der Waals surface area (Å²) >= 11 is 0. The normalized spacial score (nSPS) is 22.4. The monoisotopic (exact) mass is 310 g/mol. The van der Waals surface area contributed by atoms with Crippen LogP contribution in [0.4, 0.5) is 0 Å². The number of rotatable bonds is 5. The Kier molecular flexibility index (Phi) is 5.79. The van der Waals surface area contributed by atoms with Gasteiger partial charge in [-0.1, -0.05) is 37.3 Å². The van der Waals surface area contributed by atoms with E-state index in [9.17, 15) is 8.42 Å². The fourth-order valence-corrected chi connectivity index (χ4v) is 4.43. The molecule has 0 aromatic heterocycles. The minimum absolute atomic E-state index is 0.297. The maximum absolute atomic E-state index is 11.7. The summed E-state index contributed by atoms with van der Waals surface area (Å²) in [6.45, 7) is 4.70. The lowest BCUT2D eigenvalue weighted by atomic mass is 9.94. The molecule has 1 heterocycles. The Hall–Kier alpha value is -0.910. The first-order valence-electron chi connectivity index (χ1n) is 7.67. The van der Waals surface area contributed by atoms with Crippen LogP contribution in [0.5, 0.6) is 0 Å². The topological polar surface area (TPSA) is 49.4 Å². The van der Waals surface area contributed by atoms with Crippen LogP contribution < -0.4 is 5.32 Å². The summed E-state index contributed by atoms with van der Waals surface area (Å²) in [4.78, 5) is 2.29. The van der Waals surface area contributed by atoms with Crippen LogP contribution in [0.25, 0.3) is 0 Å². The van der Waals surface area contributed by atoms with Gasteiger partial charge in [0.15, 0.2) is 9.84 Å². The van der Waals surface area contributed by atoms with Crippen molar-refractivity contribution in [1.29, 1.82) is 0 Å². The first-order chi connectivity index (χ1) is 10.0. The molecule has 4 nitrogen and oxygen atoms in total. The fraction of sp³-hybridized carbons (Fsp3) is 0.625. The largest absolute Gasteiger partial charge is 0.313 e. The van der Waals surface area contributed by atoms with Gasteiger partial charge < -0.3 is 10.2 Å². The Morgan fingerprint density at radius 1 is 1.19 bits per heavy atom. The van der Waals surface area contributed by atoms with Gasteiger partial charge in [-0.25, -0.2) is 8.42 Å². The average Bonchev–Trinajstić information content (AvgIpc) is 2.62. The van der Waals surface area contributed by atoms with E-state index in [4.69, 9.17) is 0 Å². The maximum atomic E-state index is 11.7. The van der Waals surface area contributed by atoms with Crippen LogP contribution in [0.15, 0.2) is 30.3 Å². The summed E-state index contributed by atoms with van der Waals surface area (Å²) in [5.74, 6) is 1.07. The van der Waals surface area contributed by atoms with Gasteiger partial charge in [0.2, 0.25) is 0 Å². The molecule has 1 aromatic carbocycles. The Bertz CT molecular complexity index is 530. The smallest absolute Gasteiger partial charge is 0.151 e. The predicted octanol–water partition coefficient (Wildman–Crippen LogP) is 1.70. The van der Waals surface area contributed by atoms with Crippen molar-refractivity contribution in [3.05, 3.63) is 35.9 Å². The van der Waals surface area contributed by atoms with Crippen molar-refractivity contribution in [2.45, 2.75) is 19.4 Å². The standard InChI is InChI=1S/C16H26N2O2S/c1-14(16(17-2)15-7-4-3-5-8-15)13-18-9-6-11-21(19,20)12-10-18/h3-5,7-8,14,16-17H,6,9-13H2,1-2H3. The molecule has 5 heteroatoms. The molecule has 2 atom stereocenters. The van der Waals surface area contributed by atoms with Crippen LogP contribution >= 0.6 is 0 Å². The van der Waals surface area contributed by atoms with E-state index < -0.39 is 9.84 Å². The van der Waals surface area contributed by atoms with Crippen LogP contribution in [0.1, 0.15) is 24.9 Å². The average molecular weight is 310 g/mol. The molecule has 118 valence electrons. The van der Waals surface area contributed by atoms with E-state index in [2.05, 4.69) is 41.4 Å². The van der Waals surface area contributed by atoms with Crippen molar-refractivity contribution in [2.75, 3.05) is 38.2 Å². The molecule has 0 aliphatic carbocycles. The molecule has 0 saturated carbocycles. The van der Waals surface area contributed by atoms with E-state index >= 15 is 0 Å². The van der Waals surface area contributed by atoms with Crippen LogP contribution in [-0.2, 0) is 9.84 Å². The molecule has 2 rings (SSSR count). The van der Waals surface area contributed by atoms with Gasteiger partial charge >= 0.3 is 0 Å². The highest BCUT2D eigenvalue weighted by atomic mass is 32.2. The molecule has 0 amide bonds. The summed E-state index contributed by atoms with van der Waals surface area (Å²) in [5, 5.41) is 3.39. The van der Waals surface area contributed by atoms with Crippen molar-refractivity contribution in [3.8, 4) is 0 Å². The number of benzene rings is 1. The van der Waals surface area contributed by atoms with Crippen molar-refractivity contribution >= 4 is 9.84 Å². The summed E-state index contributed by atoms with van der Waals surface area (Å²) in [6.07, 6.45) is 0.755. The zero-order chi connectivity index (χ0) is 15.3. The van der Waals surface area contributed by atoms with E-state index in [0.29, 0.717) is 30.0 Å². The molecule has 1 fully saturated rings. The Morgan fingerprint density at radius 2 is 1.90 bits per heavy atom. The molecule has 21 heavy (non-hydrogen) atoms. The van der Waals surface area contributed by atoms with E-state index in [1.165, 1.54) is 5.56 Å². The van der Waals surface area contributed by atoms with Crippen LogP contribution in [0, 0.1) is 5.92 Å². The number of sulfone groups is 1. The van der Waals surface area contributed by atoms with Gasteiger partial charge in [-0.2, -0.15) is 0 Å². The lowest BCUT2D eigenvalue weighted by Gasteiger charge is -2.29. The molecule has 1 N–H and O–H groups in total. The summed E-state index contributed by atoms with van der Waals surface area (Å²) in [6, 6.07) is 10.7. The van der Waals surface area contributed by atoms with Crippen LogP contribution in [-0.4, -0.2) is 51.5 Å². The third-order valence-electron chi connectivity index (χ3n) is 4.23. The third-order valence-corrected chi connectivity index (χ3v) is 5.95. The second kappa shape index (κ2) is 7.38. The quantitative estimate of drug-likeness (QED) is 0.899. The fourth-order valence-electron chi connectivity index (χ4n) is 3.13. The van der Waals surface area contributed by atoms with Gasteiger partial charge in [-0.3, -0.25) is 0 Å². The molecule has 1 aromatic rings. The van der Waals surface area contributed by atoms with Crippen LogP contribution in [0.3, 0.4) is 0 Å². The second-order valence-electron chi connectivity index (χ2n) is 5.96. The van der Waals surface area contributed by atoms with Gasteiger partial charge in [-0.15, -0.1) is 0 Å². The molecule has 0 bridgehead atoms. The van der Waals surface area contributed by atoms with Crippen molar-refractivity contribution < 1.29 is 8.42 Å². The highest BCUT2D eigenvalue weighted by Crippen LogP contribution is 2.22. The highest BCUT2D eigenvalue weighted by Gasteiger charge is 2.23. The highest BCUT2D eigenvalue weighted by molar-refractivity contribution is 7.91. The van der Waals surface area contributed by atoms with Crippen LogP contribution in [0.2, 0.25) is 0 Å². The maximum Gasteiger partial charge on any atom is 0.151 e. The van der Waals surface area contributed by atoms with Gasteiger partial charge in [-0.05, 0) is 31.5 Å². The Morgan fingerprint density at radius 3 is 2.57 bits per heavy atom. The zero-order valence-electron chi connectivity index (χ0n) is 13.0. The summed E-state index contributed by atoms with van der Waals surface area (Å²) in [5.41, 5.74) is 1.29. The molecule has 2 unspecified atom stereocenters. The molecule has 0 spiro atoms. The molecular formula is C16H26N2O2S. The second-order valence-corrected chi connectivity index (χ2v) is 8.26. The number of nitrogens with zero attached hydrogens (tertiary/aromatic N) is 1. The SMILES string of the molecule is CNC(c1ccccc1)C(C)CN1CCCS(=O)(=O)CC1. The number of hydrogen-bond acceptors (Lipinski definition) is 4. The van der Waals surface area contributed by atoms with Gasteiger partial charge in [0.1, 0.15) is 0 Å². The third kappa shape index (κ3) is 4.80. The first kappa shape index (κ1) is 16.5. The van der Waals surface area contributed by atoms with E-state index in [1.54, 1.807) is 0 Å². The molecular weight excluding hydrogens is 284 g/mol. The van der Waals surface area contributed by atoms with Gasteiger partial charge in [0.05, 0.1) is 11.5 Å². The summed E-state index contributed by atoms with van der Waals surface area (Å²) in [7, 11) is -0.836. The molecule has 1 aliphatic heterocycles. The molecule has 1 aliphatic rings. The van der Waals surface area contributed by atoms with E-state index in [-0.39, 0.29) is 0 Å².